The van der Waals surface area contributed by atoms with E-state index < -0.39 is 37.7 Å². The Kier molecular flexibility index (Phi) is 4.24. The maximum Gasteiger partial charge on any atom is 0.417 e. The van der Waals surface area contributed by atoms with Gasteiger partial charge in [-0.05, 0) is 18.6 Å². The molecule has 0 amide bonds. The Morgan fingerprint density at radius 3 is 2.26 bits per heavy atom. The summed E-state index contributed by atoms with van der Waals surface area (Å²) in [5, 5.41) is 6.91. The van der Waals surface area contributed by atoms with Crippen molar-refractivity contribution in [3.8, 4) is 0 Å². The Bertz CT molecular complexity index is 578. The van der Waals surface area contributed by atoms with Gasteiger partial charge in [-0.3, -0.25) is 4.79 Å². The third-order valence-corrected chi connectivity index (χ3v) is 4.77. The maximum absolute atomic E-state index is 12.7. The van der Waals surface area contributed by atoms with Gasteiger partial charge in [0.25, 0.3) is 0 Å². The van der Waals surface area contributed by atoms with Crippen molar-refractivity contribution in [2.75, 3.05) is 0 Å². The second kappa shape index (κ2) is 5.20. The third kappa shape index (κ3) is 3.06. The normalized spacial score (nSPS) is 14.1. The van der Waals surface area contributed by atoms with Crippen LogP contribution in [-0.2, 0) is 20.8 Å². The number of carboxylic acid groups (broad SMARTS) is 1. The van der Waals surface area contributed by atoms with Gasteiger partial charge in [-0.1, -0.05) is 19.1 Å². The van der Waals surface area contributed by atoms with Crippen molar-refractivity contribution in [1.82, 2.24) is 0 Å². The van der Waals surface area contributed by atoms with Gasteiger partial charge < -0.3 is 5.11 Å². The first-order valence-corrected chi connectivity index (χ1v) is 6.80. The van der Waals surface area contributed by atoms with E-state index in [9.17, 15) is 26.4 Å². The van der Waals surface area contributed by atoms with Crippen molar-refractivity contribution in [2.45, 2.75) is 29.7 Å². The molecule has 0 fully saturated rings. The summed E-state index contributed by atoms with van der Waals surface area (Å²) in [6.07, 6.45) is -5.18. The highest BCUT2D eigenvalue weighted by molar-refractivity contribution is 7.92. The quantitative estimate of drug-likeness (QED) is 0.925. The lowest BCUT2D eigenvalue weighted by atomic mass is 10.2. The topological polar surface area (TPSA) is 71.4 Å². The van der Waals surface area contributed by atoms with E-state index in [1.54, 1.807) is 0 Å². The van der Waals surface area contributed by atoms with Crippen LogP contribution >= 0.6 is 0 Å². The molecule has 0 aromatic heterocycles. The van der Waals surface area contributed by atoms with E-state index in [-0.39, 0.29) is 6.42 Å². The Morgan fingerprint density at radius 1 is 1.32 bits per heavy atom. The number of hydrogen-bond acceptors (Lipinski definition) is 3. The predicted octanol–water partition coefficient (Wildman–Crippen LogP) is 2.34. The van der Waals surface area contributed by atoms with Crippen LogP contribution in [-0.4, -0.2) is 24.7 Å². The van der Waals surface area contributed by atoms with E-state index in [2.05, 4.69) is 0 Å². The number of alkyl halides is 3. The smallest absolute Gasteiger partial charge is 0.417 e. The minimum absolute atomic E-state index is 0.316. The minimum Gasteiger partial charge on any atom is -0.480 e. The van der Waals surface area contributed by atoms with E-state index >= 15 is 0 Å². The van der Waals surface area contributed by atoms with Crippen LogP contribution in [0.3, 0.4) is 0 Å². The van der Waals surface area contributed by atoms with Gasteiger partial charge in [0.1, 0.15) is 0 Å². The van der Waals surface area contributed by atoms with Crippen LogP contribution in [0.1, 0.15) is 18.9 Å². The predicted molar refractivity (Wildman–Crippen MR) is 60.3 cm³/mol. The molecule has 106 valence electrons. The number of sulfone groups is 1. The zero-order valence-corrected chi connectivity index (χ0v) is 10.6. The molecule has 1 N–H and O–H groups in total. The van der Waals surface area contributed by atoms with E-state index in [0.717, 1.165) is 18.2 Å². The second-order valence-electron chi connectivity index (χ2n) is 3.77. The summed E-state index contributed by atoms with van der Waals surface area (Å²) in [4.78, 5) is 9.85. The standard InChI is InChI=1S/C11H11F3O4S/c1-2-8(10(15)16)19(17,18)9-6-4-3-5-7(9)11(12,13)14/h3-6,8H,2H2,1H3,(H,15,16). The molecule has 0 spiro atoms. The summed E-state index contributed by atoms with van der Waals surface area (Å²) < 4.78 is 62.2. The van der Waals surface area contributed by atoms with Crippen molar-refractivity contribution < 1.29 is 31.5 Å². The maximum atomic E-state index is 12.7. The molecule has 0 aliphatic rings. The summed E-state index contributed by atoms with van der Waals surface area (Å²) in [7, 11) is -4.58. The van der Waals surface area contributed by atoms with E-state index in [4.69, 9.17) is 5.11 Å². The Labute approximate surface area is 107 Å². The molecule has 4 nitrogen and oxygen atoms in total. The fourth-order valence-corrected chi connectivity index (χ4v) is 3.40. The molecule has 0 aliphatic heterocycles. The molecule has 0 saturated heterocycles. The highest BCUT2D eigenvalue weighted by Gasteiger charge is 2.41. The van der Waals surface area contributed by atoms with Crippen molar-refractivity contribution in [1.29, 1.82) is 0 Å². The van der Waals surface area contributed by atoms with Gasteiger partial charge in [-0.25, -0.2) is 8.42 Å². The fraction of sp³-hybridized carbons (Fsp3) is 0.364. The van der Waals surface area contributed by atoms with Crippen LogP contribution < -0.4 is 0 Å². The molecule has 8 heteroatoms. The molecule has 0 saturated carbocycles. The van der Waals surface area contributed by atoms with Gasteiger partial charge in [-0.15, -0.1) is 0 Å². The van der Waals surface area contributed by atoms with Crippen LogP contribution in [0.2, 0.25) is 0 Å². The lowest BCUT2D eigenvalue weighted by Crippen LogP contribution is -2.31. The van der Waals surface area contributed by atoms with Crippen LogP contribution in [0, 0.1) is 0 Å². The minimum atomic E-state index is -4.86. The van der Waals surface area contributed by atoms with Crippen LogP contribution in [0.15, 0.2) is 29.2 Å². The number of carbonyl (C=O) groups is 1. The SMILES string of the molecule is CCC(C(=O)O)S(=O)(=O)c1ccccc1C(F)(F)F. The van der Waals surface area contributed by atoms with Crippen LogP contribution in [0.4, 0.5) is 13.2 Å². The molecule has 0 heterocycles. The number of rotatable bonds is 4. The Hall–Kier alpha value is -1.57. The van der Waals surface area contributed by atoms with Gasteiger partial charge in [-0.2, -0.15) is 13.2 Å². The zero-order valence-electron chi connectivity index (χ0n) is 9.81. The fourth-order valence-electron chi connectivity index (χ4n) is 1.63. The Balaban J connectivity index is 3.50. The molecule has 1 aromatic carbocycles. The molecule has 1 atom stereocenters. The van der Waals surface area contributed by atoms with Crippen LogP contribution in [0.5, 0.6) is 0 Å². The molecular weight excluding hydrogens is 285 g/mol. The Morgan fingerprint density at radius 2 is 1.84 bits per heavy atom. The molecular formula is C11H11F3O4S. The van der Waals surface area contributed by atoms with Gasteiger partial charge in [0.2, 0.25) is 0 Å². The number of halogens is 3. The molecule has 1 unspecified atom stereocenters. The van der Waals surface area contributed by atoms with Gasteiger partial charge >= 0.3 is 12.1 Å². The van der Waals surface area contributed by atoms with Crippen molar-refractivity contribution in [3.63, 3.8) is 0 Å². The summed E-state index contributed by atoms with van der Waals surface area (Å²) in [5.74, 6) is -1.67. The average Bonchev–Trinajstić information content (AvgIpc) is 2.27. The number of benzene rings is 1. The van der Waals surface area contributed by atoms with Crippen molar-refractivity contribution in [2.24, 2.45) is 0 Å². The monoisotopic (exact) mass is 296 g/mol. The lowest BCUT2D eigenvalue weighted by molar-refractivity contribution is -0.140. The van der Waals surface area contributed by atoms with E-state index in [1.807, 2.05) is 0 Å². The zero-order chi connectivity index (χ0) is 14.8. The van der Waals surface area contributed by atoms with Gasteiger partial charge in [0, 0.05) is 0 Å². The van der Waals surface area contributed by atoms with E-state index in [1.165, 1.54) is 6.92 Å². The lowest BCUT2D eigenvalue weighted by Gasteiger charge is -2.16. The first-order chi connectivity index (χ1) is 8.62. The largest absolute Gasteiger partial charge is 0.480 e. The van der Waals surface area contributed by atoms with Gasteiger partial charge in [0.05, 0.1) is 10.5 Å². The molecule has 0 aliphatic carbocycles. The number of aliphatic carboxylic acids is 1. The molecule has 0 radical (unpaired) electrons. The van der Waals surface area contributed by atoms with E-state index in [0.29, 0.717) is 6.07 Å². The number of carboxylic acids is 1. The summed E-state index contributed by atoms with van der Waals surface area (Å²) >= 11 is 0. The summed E-state index contributed by atoms with van der Waals surface area (Å²) in [6, 6.07) is 3.55. The molecule has 1 aromatic rings. The first-order valence-electron chi connectivity index (χ1n) is 5.25. The molecule has 1 rings (SSSR count). The third-order valence-electron chi connectivity index (χ3n) is 2.52. The summed E-state index contributed by atoms with van der Waals surface area (Å²) in [5.41, 5.74) is -1.35. The molecule has 19 heavy (non-hydrogen) atoms. The van der Waals surface area contributed by atoms with Crippen molar-refractivity contribution in [3.05, 3.63) is 29.8 Å². The van der Waals surface area contributed by atoms with Gasteiger partial charge in [0.15, 0.2) is 15.1 Å². The second-order valence-corrected chi connectivity index (χ2v) is 5.87. The van der Waals surface area contributed by atoms with Crippen molar-refractivity contribution >= 4 is 15.8 Å². The summed E-state index contributed by atoms with van der Waals surface area (Å²) in [6.45, 7) is 1.28. The number of hydrogen-bond donors (Lipinski definition) is 1. The molecule has 0 bridgehead atoms. The highest BCUT2D eigenvalue weighted by Crippen LogP contribution is 2.35. The highest BCUT2D eigenvalue weighted by atomic mass is 32.2. The first kappa shape index (κ1) is 15.5. The van der Waals surface area contributed by atoms with Crippen LogP contribution in [0.25, 0.3) is 0 Å². The average molecular weight is 296 g/mol.